The number of halogens is 1. The van der Waals surface area contributed by atoms with E-state index in [0.29, 0.717) is 19.0 Å². The van der Waals surface area contributed by atoms with Crippen LogP contribution in [0.5, 0.6) is 11.5 Å². The van der Waals surface area contributed by atoms with E-state index in [1.165, 1.54) is 11.8 Å². The number of amides is 1. The molecule has 0 spiro atoms. The summed E-state index contributed by atoms with van der Waals surface area (Å²) in [4.78, 5) is 13.4. The number of benzene rings is 2. The molecule has 0 aromatic heterocycles. The molecule has 6 heteroatoms. The van der Waals surface area contributed by atoms with Crippen molar-refractivity contribution in [3.05, 3.63) is 52.5 Å². The summed E-state index contributed by atoms with van der Waals surface area (Å²) in [6.07, 6.45) is 0.814. The normalized spacial score (nSPS) is 14.0. The van der Waals surface area contributed by atoms with Crippen molar-refractivity contribution < 1.29 is 14.3 Å². The lowest BCUT2D eigenvalue weighted by Crippen LogP contribution is -2.29. The molecule has 1 amide bonds. The zero-order valence-electron chi connectivity index (χ0n) is 14.0. The number of carbonyl (C=O) groups excluding carboxylic acids is 1. The molecule has 3 rings (SSSR count). The van der Waals surface area contributed by atoms with Crippen molar-refractivity contribution in [2.24, 2.45) is 0 Å². The molecule has 25 heavy (non-hydrogen) atoms. The van der Waals surface area contributed by atoms with Crippen LogP contribution in [0.3, 0.4) is 0 Å². The predicted octanol–water partition coefficient (Wildman–Crippen LogP) is 4.58. The van der Waals surface area contributed by atoms with E-state index in [1.807, 2.05) is 42.5 Å². The summed E-state index contributed by atoms with van der Waals surface area (Å²) < 4.78 is 12.2. The van der Waals surface area contributed by atoms with Gasteiger partial charge in [0.05, 0.1) is 11.8 Å². The van der Waals surface area contributed by atoms with Crippen molar-refractivity contribution in [2.45, 2.75) is 24.3 Å². The highest BCUT2D eigenvalue weighted by Gasteiger charge is 2.17. The minimum absolute atomic E-state index is 0.0228. The molecular weight excluding hydrogens is 402 g/mol. The lowest BCUT2D eigenvalue weighted by molar-refractivity contribution is -0.119. The van der Waals surface area contributed by atoms with Gasteiger partial charge >= 0.3 is 0 Å². The minimum Gasteiger partial charge on any atom is -0.486 e. The fourth-order valence-corrected chi connectivity index (χ4v) is 3.59. The molecule has 0 saturated carbocycles. The summed E-state index contributed by atoms with van der Waals surface area (Å²) >= 11 is 4.94. The molecule has 2 aromatic rings. The second kappa shape index (κ2) is 8.63. The molecule has 0 saturated heterocycles. The molecule has 1 heterocycles. The van der Waals surface area contributed by atoms with E-state index in [0.717, 1.165) is 32.9 Å². The van der Waals surface area contributed by atoms with Gasteiger partial charge in [-0.15, -0.1) is 11.8 Å². The Morgan fingerprint density at radius 3 is 2.60 bits per heavy atom. The van der Waals surface area contributed by atoms with Crippen molar-refractivity contribution in [1.29, 1.82) is 0 Å². The van der Waals surface area contributed by atoms with E-state index < -0.39 is 0 Å². The number of ether oxygens (including phenoxy) is 2. The van der Waals surface area contributed by atoms with Gasteiger partial charge in [-0.2, -0.15) is 0 Å². The van der Waals surface area contributed by atoms with Crippen molar-refractivity contribution in [3.63, 3.8) is 0 Å². The van der Waals surface area contributed by atoms with Crippen LogP contribution in [0.15, 0.2) is 51.8 Å². The van der Waals surface area contributed by atoms with Gasteiger partial charge in [-0.25, -0.2) is 0 Å². The number of nitrogens with one attached hydrogen (secondary N) is 1. The van der Waals surface area contributed by atoms with Gasteiger partial charge in [0.1, 0.15) is 13.2 Å². The van der Waals surface area contributed by atoms with E-state index in [4.69, 9.17) is 9.47 Å². The predicted molar refractivity (Wildman–Crippen MR) is 103 cm³/mol. The molecule has 1 N–H and O–H groups in total. The average molecular weight is 422 g/mol. The number of hydrogen-bond acceptors (Lipinski definition) is 4. The van der Waals surface area contributed by atoms with Gasteiger partial charge in [-0.05, 0) is 48.4 Å². The van der Waals surface area contributed by atoms with Crippen LogP contribution in [0.2, 0.25) is 0 Å². The fraction of sp³-hybridized carbons (Fsp3) is 0.316. The summed E-state index contributed by atoms with van der Waals surface area (Å²) in [5.74, 6) is 1.93. The first-order chi connectivity index (χ1) is 12.2. The Kier molecular flexibility index (Phi) is 6.26. The molecular formula is C19H20BrNO3S. The molecule has 0 fully saturated rings. The summed E-state index contributed by atoms with van der Waals surface area (Å²) in [7, 11) is 0. The highest BCUT2D eigenvalue weighted by Crippen LogP contribution is 2.33. The van der Waals surface area contributed by atoms with Crippen LogP contribution in [0, 0.1) is 0 Å². The van der Waals surface area contributed by atoms with Gasteiger partial charge in [0.15, 0.2) is 11.5 Å². The second-order valence-corrected chi connectivity index (χ2v) is 7.64. The monoisotopic (exact) mass is 421 g/mol. The SMILES string of the molecule is CCC(NC(=O)CSc1ccc(Br)cc1)c1ccc2c(c1)OCCO2. The summed E-state index contributed by atoms with van der Waals surface area (Å²) in [6, 6.07) is 13.8. The Balaban J connectivity index is 1.59. The fourth-order valence-electron chi connectivity index (χ4n) is 2.61. The highest BCUT2D eigenvalue weighted by molar-refractivity contribution is 9.10. The van der Waals surface area contributed by atoms with Gasteiger partial charge < -0.3 is 14.8 Å². The number of carbonyl (C=O) groups is 1. The van der Waals surface area contributed by atoms with Crippen LogP contribution in [0.4, 0.5) is 0 Å². The third-order valence-electron chi connectivity index (χ3n) is 3.90. The molecule has 132 valence electrons. The summed E-state index contributed by atoms with van der Waals surface area (Å²) in [5.41, 5.74) is 1.04. The zero-order chi connectivity index (χ0) is 17.6. The first-order valence-electron chi connectivity index (χ1n) is 8.23. The molecule has 4 nitrogen and oxygen atoms in total. The maximum Gasteiger partial charge on any atom is 0.230 e. The van der Waals surface area contributed by atoms with E-state index in [2.05, 4.69) is 28.2 Å². The molecule has 1 unspecified atom stereocenters. The molecule has 1 aliphatic heterocycles. The lowest BCUT2D eigenvalue weighted by Gasteiger charge is -2.22. The van der Waals surface area contributed by atoms with Crippen LogP contribution in [0.25, 0.3) is 0 Å². The Morgan fingerprint density at radius 1 is 1.16 bits per heavy atom. The van der Waals surface area contributed by atoms with Crippen LogP contribution < -0.4 is 14.8 Å². The second-order valence-electron chi connectivity index (χ2n) is 5.67. The van der Waals surface area contributed by atoms with Crippen LogP contribution >= 0.6 is 27.7 Å². The van der Waals surface area contributed by atoms with Crippen LogP contribution in [-0.2, 0) is 4.79 Å². The van der Waals surface area contributed by atoms with Gasteiger partial charge in [0, 0.05) is 9.37 Å². The van der Waals surface area contributed by atoms with E-state index >= 15 is 0 Å². The van der Waals surface area contributed by atoms with Crippen molar-refractivity contribution in [1.82, 2.24) is 5.32 Å². The third-order valence-corrected chi connectivity index (χ3v) is 5.44. The first-order valence-corrected chi connectivity index (χ1v) is 10.0. The van der Waals surface area contributed by atoms with Crippen molar-refractivity contribution in [3.8, 4) is 11.5 Å². The van der Waals surface area contributed by atoms with E-state index in [-0.39, 0.29) is 11.9 Å². The average Bonchev–Trinajstić information content (AvgIpc) is 2.65. The van der Waals surface area contributed by atoms with E-state index in [9.17, 15) is 4.79 Å². The minimum atomic E-state index is -0.0335. The van der Waals surface area contributed by atoms with Gasteiger partial charge in [-0.3, -0.25) is 4.79 Å². The molecule has 1 aliphatic rings. The number of hydrogen-bond donors (Lipinski definition) is 1. The lowest BCUT2D eigenvalue weighted by atomic mass is 10.0. The van der Waals surface area contributed by atoms with Crippen LogP contribution in [-0.4, -0.2) is 24.9 Å². The molecule has 0 bridgehead atoms. The smallest absolute Gasteiger partial charge is 0.230 e. The Labute approximate surface area is 160 Å². The highest BCUT2D eigenvalue weighted by atomic mass is 79.9. The van der Waals surface area contributed by atoms with Gasteiger partial charge in [0.2, 0.25) is 5.91 Å². The topological polar surface area (TPSA) is 47.6 Å². The number of fused-ring (bicyclic) bond motifs is 1. The third kappa shape index (κ3) is 4.92. The number of rotatable bonds is 6. The first kappa shape index (κ1) is 18.1. The van der Waals surface area contributed by atoms with Crippen molar-refractivity contribution >= 4 is 33.6 Å². The van der Waals surface area contributed by atoms with Crippen LogP contribution in [0.1, 0.15) is 24.9 Å². The molecule has 0 aliphatic carbocycles. The largest absolute Gasteiger partial charge is 0.486 e. The molecule has 0 radical (unpaired) electrons. The van der Waals surface area contributed by atoms with Crippen molar-refractivity contribution in [2.75, 3.05) is 19.0 Å². The zero-order valence-corrected chi connectivity index (χ0v) is 16.4. The van der Waals surface area contributed by atoms with E-state index in [1.54, 1.807) is 0 Å². The molecule has 2 aromatic carbocycles. The van der Waals surface area contributed by atoms with Gasteiger partial charge in [-0.1, -0.05) is 28.9 Å². The Bertz CT molecular complexity index is 736. The quantitative estimate of drug-likeness (QED) is 0.693. The maximum absolute atomic E-state index is 12.3. The number of thioether (sulfide) groups is 1. The Hall–Kier alpha value is -1.66. The summed E-state index contributed by atoms with van der Waals surface area (Å²) in [5, 5.41) is 3.11. The maximum atomic E-state index is 12.3. The molecule has 1 atom stereocenters. The Morgan fingerprint density at radius 2 is 1.88 bits per heavy atom. The van der Waals surface area contributed by atoms with Gasteiger partial charge in [0.25, 0.3) is 0 Å². The standard InChI is InChI=1S/C19H20BrNO3S/c1-2-16(13-3-8-17-18(11-13)24-10-9-23-17)21-19(22)12-25-15-6-4-14(20)5-7-15/h3-8,11,16H,2,9-10,12H2,1H3,(H,21,22). The summed E-state index contributed by atoms with van der Waals surface area (Å²) in [6.45, 7) is 3.20.